The minimum Gasteiger partial charge on any atom is -0.484 e. The van der Waals surface area contributed by atoms with Gasteiger partial charge in [-0.2, -0.15) is 0 Å². The first-order valence-corrected chi connectivity index (χ1v) is 8.65. The molecule has 5 heteroatoms. The van der Waals surface area contributed by atoms with E-state index >= 15 is 0 Å². The molecular weight excluding hydrogens is 328 g/mol. The third-order valence-electron chi connectivity index (χ3n) is 4.15. The molecule has 0 aliphatic heterocycles. The Kier molecular flexibility index (Phi) is 6.39. The Labute approximate surface area is 155 Å². The quantitative estimate of drug-likeness (QED) is 0.798. The number of nitrogens with zero attached hydrogens (tertiary/aromatic N) is 2. The summed E-state index contributed by atoms with van der Waals surface area (Å²) in [5.41, 5.74) is 3.65. The summed E-state index contributed by atoms with van der Waals surface area (Å²) in [4.78, 5) is 27.9. The van der Waals surface area contributed by atoms with Gasteiger partial charge >= 0.3 is 0 Å². The van der Waals surface area contributed by atoms with E-state index in [1.165, 1.54) is 4.90 Å². The number of aryl methyl sites for hydroxylation is 2. The van der Waals surface area contributed by atoms with Gasteiger partial charge in [0.2, 0.25) is 0 Å². The molecule has 2 amide bonds. The molecule has 138 valence electrons. The highest BCUT2D eigenvalue weighted by molar-refractivity contribution is 6.06. The molecule has 2 rings (SSSR count). The lowest BCUT2D eigenvalue weighted by atomic mass is 10.1. The monoisotopic (exact) mass is 354 g/mol. The molecule has 0 heterocycles. The van der Waals surface area contributed by atoms with Gasteiger partial charge < -0.3 is 14.5 Å². The Morgan fingerprint density at radius 1 is 1.04 bits per heavy atom. The van der Waals surface area contributed by atoms with Crippen LogP contribution in [0.15, 0.2) is 42.5 Å². The maximum Gasteiger partial charge on any atom is 0.259 e. The van der Waals surface area contributed by atoms with Crippen LogP contribution in [-0.4, -0.2) is 44.0 Å². The molecule has 0 bridgehead atoms. The van der Waals surface area contributed by atoms with Gasteiger partial charge in [-0.05, 0) is 50.6 Å². The van der Waals surface area contributed by atoms with Crippen molar-refractivity contribution in [2.24, 2.45) is 0 Å². The number of hydrogen-bond acceptors (Lipinski definition) is 3. The van der Waals surface area contributed by atoms with Crippen molar-refractivity contribution in [2.45, 2.75) is 20.8 Å². The van der Waals surface area contributed by atoms with Gasteiger partial charge in [-0.1, -0.05) is 23.8 Å². The van der Waals surface area contributed by atoms with Gasteiger partial charge in [-0.25, -0.2) is 0 Å². The van der Waals surface area contributed by atoms with Crippen LogP contribution >= 0.6 is 0 Å². The van der Waals surface area contributed by atoms with Crippen molar-refractivity contribution < 1.29 is 14.3 Å². The van der Waals surface area contributed by atoms with Crippen molar-refractivity contribution in [3.63, 3.8) is 0 Å². The maximum absolute atomic E-state index is 13.0. The number of amides is 2. The Hall–Kier alpha value is -2.82. The summed E-state index contributed by atoms with van der Waals surface area (Å²) in [6.07, 6.45) is 0. The summed E-state index contributed by atoms with van der Waals surface area (Å²) < 4.78 is 5.52. The van der Waals surface area contributed by atoms with E-state index in [1.54, 1.807) is 43.3 Å². The van der Waals surface area contributed by atoms with Gasteiger partial charge in [-0.15, -0.1) is 0 Å². The fraction of sp³-hybridized carbons (Fsp3) is 0.333. The molecule has 0 aliphatic carbocycles. The summed E-state index contributed by atoms with van der Waals surface area (Å²) in [6, 6.07) is 13.0. The average molecular weight is 354 g/mol. The molecule has 26 heavy (non-hydrogen) atoms. The molecule has 0 spiro atoms. The molecule has 0 unspecified atom stereocenters. The Balaban J connectivity index is 2.22. The van der Waals surface area contributed by atoms with E-state index < -0.39 is 0 Å². The van der Waals surface area contributed by atoms with Crippen molar-refractivity contribution in [1.82, 2.24) is 4.90 Å². The Bertz CT molecular complexity index is 800. The zero-order chi connectivity index (χ0) is 19.3. The third kappa shape index (κ3) is 4.63. The van der Waals surface area contributed by atoms with Gasteiger partial charge in [0.25, 0.3) is 11.8 Å². The number of benzene rings is 2. The van der Waals surface area contributed by atoms with Crippen molar-refractivity contribution in [1.29, 1.82) is 0 Å². The average Bonchev–Trinajstić information content (AvgIpc) is 2.62. The number of carbonyl (C=O) groups excluding carboxylic acids is 2. The highest BCUT2D eigenvalue weighted by Gasteiger charge is 2.18. The van der Waals surface area contributed by atoms with Crippen LogP contribution in [0.4, 0.5) is 5.69 Å². The summed E-state index contributed by atoms with van der Waals surface area (Å²) >= 11 is 0. The molecule has 0 atom stereocenters. The maximum atomic E-state index is 13.0. The van der Waals surface area contributed by atoms with Crippen LogP contribution in [0.3, 0.4) is 0 Å². The lowest BCUT2D eigenvalue weighted by Crippen LogP contribution is -2.31. The minimum absolute atomic E-state index is 0.0563. The second-order valence-electron chi connectivity index (χ2n) is 6.44. The van der Waals surface area contributed by atoms with E-state index in [0.717, 1.165) is 16.8 Å². The lowest BCUT2D eigenvalue weighted by molar-refractivity contribution is -0.130. The summed E-state index contributed by atoms with van der Waals surface area (Å²) in [6.45, 7) is 6.49. The van der Waals surface area contributed by atoms with E-state index in [-0.39, 0.29) is 18.4 Å². The van der Waals surface area contributed by atoms with Crippen molar-refractivity contribution in [3.8, 4) is 5.75 Å². The predicted molar refractivity (Wildman–Crippen MR) is 104 cm³/mol. The third-order valence-corrected chi connectivity index (χ3v) is 4.15. The number of ether oxygens (including phenoxy) is 1. The molecule has 0 aromatic heterocycles. The highest BCUT2D eigenvalue weighted by Crippen LogP contribution is 2.24. The topological polar surface area (TPSA) is 49.9 Å². The first-order chi connectivity index (χ1) is 12.3. The molecule has 0 fully saturated rings. The van der Waals surface area contributed by atoms with E-state index in [1.807, 2.05) is 32.9 Å². The van der Waals surface area contributed by atoms with Crippen LogP contribution in [0.1, 0.15) is 28.4 Å². The van der Waals surface area contributed by atoms with Crippen LogP contribution in [0, 0.1) is 13.8 Å². The van der Waals surface area contributed by atoms with Crippen LogP contribution < -0.4 is 9.64 Å². The molecule has 2 aromatic carbocycles. The van der Waals surface area contributed by atoms with Gasteiger partial charge in [0.15, 0.2) is 6.61 Å². The van der Waals surface area contributed by atoms with Gasteiger partial charge in [0, 0.05) is 31.9 Å². The number of likely N-dealkylation sites (N-methyl/N-ethyl adjacent to an activating group) is 1. The predicted octanol–water partition coefficient (Wildman–Crippen LogP) is 3.44. The standard InChI is InChI=1S/C21H26N2O3/c1-6-23(19-11-10-15(2)12-16(19)3)21(25)17-8-7-9-18(13-17)26-14-20(24)22(4)5/h7-13H,6,14H2,1-5H3. The van der Waals surface area contributed by atoms with Crippen LogP contribution in [0.2, 0.25) is 0 Å². The molecule has 0 radical (unpaired) electrons. The zero-order valence-electron chi connectivity index (χ0n) is 16.1. The molecule has 0 saturated carbocycles. The van der Waals surface area contributed by atoms with Crippen LogP contribution in [-0.2, 0) is 4.79 Å². The number of hydrogen-bond donors (Lipinski definition) is 0. The van der Waals surface area contributed by atoms with E-state index in [4.69, 9.17) is 4.74 Å². The largest absolute Gasteiger partial charge is 0.484 e. The summed E-state index contributed by atoms with van der Waals surface area (Å²) in [5, 5.41) is 0. The van der Waals surface area contributed by atoms with Crippen molar-refractivity contribution in [2.75, 3.05) is 32.1 Å². The zero-order valence-corrected chi connectivity index (χ0v) is 16.1. The summed E-state index contributed by atoms with van der Waals surface area (Å²) in [7, 11) is 3.35. The fourth-order valence-electron chi connectivity index (χ4n) is 2.68. The molecule has 0 saturated heterocycles. The summed E-state index contributed by atoms with van der Waals surface area (Å²) in [5.74, 6) is 0.277. The van der Waals surface area contributed by atoms with Gasteiger partial charge in [-0.3, -0.25) is 9.59 Å². The van der Waals surface area contributed by atoms with E-state index in [0.29, 0.717) is 17.9 Å². The molecule has 0 aliphatic rings. The second-order valence-corrected chi connectivity index (χ2v) is 6.44. The minimum atomic E-state index is -0.132. The van der Waals surface area contributed by atoms with Crippen molar-refractivity contribution in [3.05, 3.63) is 59.2 Å². The number of anilines is 1. The molecule has 0 N–H and O–H groups in total. The van der Waals surface area contributed by atoms with Gasteiger partial charge in [0.05, 0.1) is 0 Å². The Morgan fingerprint density at radius 2 is 1.77 bits per heavy atom. The first kappa shape index (κ1) is 19.5. The SMILES string of the molecule is CCN(C(=O)c1cccc(OCC(=O)N(C)C)c1)c1ccc(C)cc1C. The van der Waals surface area contributed by atoms with E-state index in [2.05, 4.69) is 6.07 Å². The fourth-order valence-corrected chi connectivity index (χ4v) is 2.68. The second kappa shape index (κ2) is 8.52. The first-order valence-electron chi connectivity index (χ1n) is 8.65. The van der Waals surface area contributed by atoms with Crippen LogP contribution in [0.25, 0.3) is 0 Å². The molecule has 2 aromatic rings. The van der Waals surface area contributed by atoms with Crippen molar-refractivity contribution >= 4 is 17.5 Å². The number of rotatable bonds is 6. The van der Waals surface area contributed by atoms with Gasteiger partial charge in [0.1, 0.15) is 5.75 Å². The molecule has 5 nitrogen and oxygen atoms in total. The smallest absolute Gasteiger partial charge is 0.259 e. The molecular formula is C21H26N2O3. The van der Waals surface area contributed by atoms with E-state index in [9.17, 15) is 9.59 Å². The highest BCUT2D eigenvalue weighted by atomic mass is 16.5. The Morgan fingerprint density at radius 3 is 2.38 bits per heavy atom. The lowest BCUT2D eigenvalue weighted by Gasteiger charge is -2.23. The normalized spacial score (nSPS) is 10.3. The number of carbonyl (C=O) groups is 2. The van der Waals surface area contributed by atoms with Crippen LogP contribution in [0.5, 0.6) is 5.75 Å².